The highest BCUT2D eigenvalue weighted by atomic mass is 32.2. The van der Waals surface area contributed by atoms with Gasteiger partial charge in [-0.1, -0.05) is 17.7 Å². The quantitative estimate of drug-likeness (QED) is 0.811. The molecule has 0 amide bonds. The summed E-state index contributed by atoms with van der Waals surface area (Å²) in [6.07, 6.45) is 2.17. The smallest absolute Gasteiger partial charge is 0.122 e. The molecule has 2 N–H and O–H groups in total. The SMILES string of the molecule is Cc1ccc(OCC(O)CNCC2CCCS2)c(C)c1. The van der Waals surface area contributed by atoms with E-state index in [1.165, 1.54) is 24.2 Å². The lowest BCUT2D eigenvalue weighted by atomic mass is 10.1. The average molecular weight is 295 g/mol. The van der Waals surface area contributed by atoms with Gasteiger partial charge in [0.15, 0.2) is 0 Å². The van der Waals surface area contributed by atoms with Crippen molar-refractivity contribution in [1.29, 1.82) is 0 Å². The van der Waals surface area contributed by atoms with E-state index in [0.29, 0.717) is 13.2 Å². The molecule has 1 aromatic carbocycles. The minimum atomic E-state index is -0.456. The first kappa shape index (κ1) is 15.7. The molecule has 0 radical (unpaired) electrons. The van der Waals surface area contributed by atoms with Crippen molar-refractivity contribution < 1.29 is 9.84 Å². The Balaban J connectivity index is 1.65. The Morgan fingerprint density at radius 3 is 3.00 bits per heavy atom. The first-order chi connectivity index (χ1) is 9.65. The Labute approximate surface area is 126 Å². The predicted octanol–water partition coefficient (Wildman–Crippen LogP) is 2.53. The third-order valence-corrected chi connectivity index (χ3v) is 4.94. The highest BCUT2D eigenvalue weighted by Crippen LogP contribution is 2.25. The van der Waals surface area contributed by atoms with Crippen LogP contribution in [-0.4, -0.2) is 41.9 Å². The van der Waals surface area contributed by atoms with Crippen molar-refractivity contribution >= 4 is 11.8 Å². The number of aryl methyl sites for hydroxylation is 2. The Kier molecular flexibility index (Phi) is 6.20. The van der Waals surface area contributed by atoms with Crippen molar-refractivity contribution in [2.24, 2.45) is 0 Å². The number of hydrogen-bond donors (Lipinski definition) is 2. The van der Waals surface area contributed by atoms with Gasteiger partial charge in [0, 0.05) is 18.3 Å². The highest BCUT2D eigenvalue weighted by molar-refractivity contribution is 8.00. The van der Waals surface area contributed by atoms with Gasteiger partial charge in [0.1, 0.15) is 18.5 Å². The van der Waals surface area contributed by atoms with Gasteiger partial charge in [0.25, 0.3) is 0 Å². The van der Waals surface area contributed by atoms with Crippen molar-refractivity contribution in [2.45, 2.75) is 38.0 Å². The molecule has 2 atom stereocenters. The van der Waals surface area contributed by atoms with Crippen LogP contribution in [0.3, 0.4) is 0 Å². The number of aliphatic hydroxyl groups is 1. The van der Waals surface area contributed by atoms with Crippen molar-refractivity contribution in [1.82, 2.24) is 5.32 Å². The van der Waals surface area contributed by atoms with Crippen LogP contribution in [0.4, 0.5) is 0 Å². The van der Waals surface area contributed by atoms with Crippen LogP contribution >= 0.6 is 11.8 Å². The molecular weight excluding hydrogens is 270 g/mol. The maximum Gasteiger partial charge on any atom is 0.122 e. The lowest BCUT2D eigenvalue weighted by Crippen LogP contribution is -2.34. The van der Waals surface area contributed by atoms with Gasteiger partial charge >= 0.3 is 0 Å². The van der Waals surface area contributed by atoms with Crippen LogP contribution in [0.5, 0.6) is 5.75 Å². The van der Waals surface area contributed by atoms with Crippen LogP contribution in [-0.2, 0) is 0 Å². The number of nitrogens with one attached hydrogen (secondary N) is 1. The molecule has 1 aliphatic rings. The third kappa shape index (κ3) is 5.00. The summed E-state index contributed by atoms with van der Waals surface area (Å²) < 4.78 is 5.68. The molecule has 0 bridgehead atoms. The van der Waals surface area contributed by atoms with Crippen LogP contribution < -0.4 is 10.1 Å². The summed E-state index contributed by atoms with van der Waals surface area (Å²) in [6.45, 7) is 6.03. The summed E-state index contributed by atoms with van der Waals surface area (Å²) in [4.78, 5) is 0. The number of benzene rings is 1. The van der Waals surface area contributed by atoms with Crippen LogP contribution in [0.25, 0.3) is 0 Å². The van der Waals surface area contributed by atoms with E-state index in [0.717, 1.165) is 23.1 Å². The zero-order chi connectivity index (χ0) is 14.4. The van der Waals surface area contributed by atoms with Crippen LogP contribution in [0.15, 0.2) is 18.2 Å². The molecule has 0 saturated carbocycles. The standard InChI is InChI=1S/C16H25NO2S/c1-12-5-6-16(13(2)8-12)19-11-14(18)9-17-10-15-4-3-7-20-15/h5-6,8,14-15,17-18H,3-4,7,9-11H2,1-2H3. The molecule has 0 aromatic heterocycles. The fourth-order valence-electron chi connectivity index (χ4n) is 2.42. The van der Waals surface area contributed by atoms with Gasteiger partial charge in [-0.25, -0.2) is 0 Å². The molecule has 1 heterocycles. The fraction of sp³-hybridized carbons (Fsp3) is 0.625. The normalized spacial score (nSPS) is 20.1. The lowest BCUT2D eigenvalue weighted by molar-refractivity contribution is 0.106. The Morgan fingerprint density at radius 2 is 2.30 bits per heavy atom. The largest absolute Gasteiger partial charge is 0.491 e. The molecule has 4 heteroatoms. The van der Waals surface area contributed by atoms with Gasteiger partial charge in [-0.2, -0.15) is 11.8 Å². The number of hydrogen-bond acceptors (Lipinski definition) is 4. The zero-order valence-electron chi connectivity index (χ0n) is 12.4. The van der Waals surface area contributed by atoms with E-state index in [2.05, 4.69) is 18.3 Å². The molecule has 0 aliphatic carbocycles. The summed E-state index contributed by atoms with van der Waals surface area (Å²) in [5, 5.41) is 14.0. The summed E-state index contributed by atoms with van der Waals surface area (Å²) in [5.74, 6) is 2.14. The van der Waals surface area contributed by atoms with Crippen molar-refractivity contribution in [3.05, 3.63) is 29.3 Å². The van der Waals surface area contributed by atoms with Gasteiger partial charge in [0.05, 0.1) is 0 Å². The topological polar surface area (TPSA) is 41.5 Å². The maximum absolute atomic E-state index is 9.94. The molecule has 2 unspecified atom stereocenters. The fourth-order valence-corrected chi connectivity index (χ4v) is 3.66. The summed E-state index contributed by atoms with van der Waals surface area (Å²) in [5.41, 5.74) is 2.35. The second-order valence-corrected chi connectivity index (χ2v) is 6.94. The van der Waals surface area contributed by atoms with E-state index in [9.17, 15) is 5.11 Å². The minimum Gasteiger partial charge on any atom is -0.491 e. The van der Waals surface area contributed by atoms with Crippen molar-refractivity contribution in [3.63, 3.8) is 0 Å². The van der Waals surface area contributed by atoms with E-state index in [1.54, 1.807) is 0 Å². The van der Waals surface area contributed by atoms with Gasteiger partial charge in [-0.15, -0.1) is 0 Å². The third-order valence-electron chi connectivity index (χ3n) is 3.54. The highest BCUT2D eigenvalue weighted by Gasteiger charge is 2.15. The van der Waals surface area contributed by atoms with Gasteiger partial charge < -0.3 is 15.2 Å². The molecule has 3 nitrogen and oxygen atoms in total. The van der Waals surface area contributed by atoms with Crippen LogP contribution in [0.2, 0.25) is 0 Å². The number of aliphatic hydroxyl groups excluding tert-OH is 1. The summed E-state index contributed by atoms with van der Waals surface area (Å²) in [6, 6.07) is 6.10. The maximum atomic E-state index is 9.94. The number of ether oxygens (including phenoxy) is 1. The van der Waals surface area contributed by atoms with E-state index >= 15 is 0 Å². The molecule has 1 saturated heterocycles. The first-order valence-corrected chi connectivity index (χ1v) is 8.40. The predicted molar refractivity (Wildman–Crippen MR) is 85.8 cm³/mol. The Bertz CT molecular complexity index is 419. The zero-order valence-corrected chi connectivity index (χ0v) is 13.2. The van der Waals surface area contributed by atoms with E-state index < -0.39 is 6.10 Å². The molecule has 1 fully saturated rings. The Morgan fingerprint density at radius 1 is 1.45 bits per heavy atom. The van der Waals surface area contributed by atoms with E-state index in [4.69, 9.17) is 4.74 Å². The minimum absolute atomic E-state index is 0.342. The van der Waals surface area contributed by atoms with Gasteiger partial charge in [0.2, 0.25) is 0 Å². The number of rotatable bonds is 7. The molecular formula is C16H25NO2S. The molecule has 2 rings (SSSR count). The van der Waals surface area contributed by atoms with Crippen LogP contribution in [0.1, 0.15) is 24.0 Å². The summed E-state index contributed by atoms with van der Waals surface area (Å²) in [7, 11) is 0. The van der Waals surface area contributed by atoms with Gasteiger partial charge in [-0.3, -0.25) is 0 Å². The molecule has 1 aromatic rings. The average Bonchev–Trinajstić information content (AvgIpc) is 2.91. The second kappa shape index (κ2) is 7.91. The van der Waals surface area contributed by atoms with E-state index in [-0.39, 0.29) is 0 Å². The molecule has 1 aliphatic heterocycles. The Hall–Kier alpha value is -0.710. The number of thioether (sulfide) groups is 1. The second-order valence-electron chi connectivity index (χ2n) is 5.53. The summed E-state index contributed by atoms with van der Waals surface area (Å²) >= 11 is 2.03. The molecule has 20 heavy (non-hydrogen) atoms. The molecule has 0 spiro atoms. The van der Waals surface area contributed by atoms with Crippen LogP contribution in [0, 0.1) is 13.8 Å². The van der Waals surface area contributed by atoms with E-state index in [1.807, 2.05) is 30.8 Å². The monoisotopic (exact) mass is 295 g/mol. The van der Waals surface area contributed by atoms with Crippen molar-refractivity contribution in [3.8, 4) is 5.75 Å². The molecule has 112 valence electrons. The first-order valence-electron chi connectivity index (χ1n) is 7.35. The van der Waals surface area contributed by atoms with Crippen molar-refractivity contribution in [2.75, 3.05) is 25.4 Å². The lowest BCUT2D eigenvalue weighted by Gasteiger charge is -2.16. The van der Waals surface area contributed by atoms with Gasteiger partial charge in [-0.05, 0) is 44.1 Å².